The molecule has 0 aliphatic rings. The Labute approximate surface area is 188 Å². The number of carbonyl (C=O) groups excluding carboxylic acids is 1. The van der Waals surface area contributed by atoms with E-state index in [-0.39, 0.29) is 11.4 Å². The lowest BCUT2D eigenvalue weighted by Gasteiger charge is -2.10. The van der Waals surface area contributed by atoms with Crippen LogP contribution < -0.4 is 5.32 Å². The van der Waals surface area contributed by atoms with Gasteiger partial charge < -0.3 is 5.32 Å². The number of hydrogen-bond acceptors (Lipinski definition) is 6. The van der Waals surface area contributed by atoms with E-state index in [0.717, 1.165) is 5.56 Å². The van der Waals surface area contributed by atoms with Crippen molar-refractivity contribution in [1.82, 2.24) is 34.3 Å². The molecule has 5 rings (SSSR count). The predicted molar refractivity (Wildman–Crippen MR) is 120 cm³/mol. The molecule has 0 fully saturated rings. The van der Waals surface area contributed by atoms with Crippen molar-refractivity contribution < 1.29 is 9.18 Å². The van der Waals surface area contributed by atoms with Crippen LogP contribution in [0.5, 0.6) is 0 Å². The SMILES string of the molecule is Cc1cnc(C)c(-c2cnn(C)c2C(=O)Nc2cn3nc(-c4ccccc4)nc3cc2F)n1. The number of pyridine rings is 1. The monoisotopic (exact) mass is 442 g/mol. The summed E-state index contributed by atoms with van der Waals surface area (Å²) in [6.45, 7) is 3.62. The summed E-state index contributed by atoms with van der Waals surface area (Å²) in [5.74, 6) is -0.701. The minimum atomic E-state index is -0.627. The molecule has 0 unspecified atom stereocenters. The first-order valence-electron chi connectivity index (χ1n) is 10.2. The number of nitrogens with zero attached hydrogens (tertiary/aromatic N) is 7. The maximum absolute atomic E-state index is 14.8. The minimum Gasteiger partial charge on any atom is -0.317 e. The van der Waals surface area contributed by atoms with Gasteiger partial charge in [0.2, 0.25) is 0 Å². The normalized spacial score (nSPS) is 11.2. The van der Waals surface area contributed by atoms with Gasteiger partial charge in [-0.25, -0.2) is 18.9 Å². The Morgan fingerprint density at radius 2 is 1.88 bits per heavy atom. The summed E-state index contributed by atoms with van der Waals surface area (Å²) < 4.78 is 17.7. The fourth-order valence-electron chi connectivity index (χ4n) is 3.56. The van der Waals surface area contributed by atoms with Crippen LogP contribution in [-0.2, 0) is 7.05 Å². The van der Waals surface area contributed by atoms with Gasteiger partial charge >= 0.3 is 0 Å². The van der Waals surface area contributed by atoms with E-state index in [1.807, 2.05) is 37.3 Å². The zero-order chi connectivity index (χ0) is 23.1. The highest BCUT2D eigenvalue weighted by atomic mass is 19.1. The Hall–Kier alpha value is -4.47. The fraction of sp³-hybridized carbons (Fsp3) is 0.130. The number of carbonyl (C=O) groups is 1. The molecule has 0 atom stereocenters. The Morgan fingerprint density at radius 3 is 2.67 bits per heavy atom. The third kappa shape index (κ3) is 3.71. The summed E-state index contributed by atoms with van der Waals surface area (Å²) >= 11 is 0. The van der Waals surface area contributed by atoms with Crippen molar-refractivity contribution in [3.63, 3.8) is 0 Å². The van der Waals surface area contributed by atoms with Crippen molar-refractivity contribution in [3.8, 4) is 22.6 Å². The lowest BCUT2D eigenvalue weighted by molar-refractivity contribution is 0.101. The number of rotatable bonds is 4. The van der Waals surface area contributed by atoms with Gasteiger partial charge in [-0.15, -0.1) is 5.10 Å². The second-order valence-corrected chi connectivity index (χ2v) is 7.57. The zero-order valence-electron chi connectivity index (χ0n) is 18.1. The average molecular weight is 442 g/mol. The summed E-state index contributed by atoms with van der Waals surface area (Å²) in [6, 6.07) is 10.6. The first-order chi connectivity index (χ1) is 15.9. The summed E-state index contributed by atoms with van der Waals surface area (Å²) in [5.41, 5.74) is 3.77. The number of aryl methyl sites for hydroxylation is 3. The van der Waals surface area contributed by atoms with Gasteiger partial charge in [0.15, 0.2) is 17.3 Å². The maximum Gasteiger partial charge on any atom is 0.274 e. The third-order valence-corrected chi connectivity index (χ3v) is 5.19. The van der Waals surface area contributed by atoms with Crippen LogP contribution in [0.2, 0.25) is 0 Å². The van der Waals surface area contributed by atoms with Gasteiger partial charge in [-0.1, -0.05) is 30.3 Å². The van der Waals surface area contributed by atoms with E-state index in [2.05, 4.69) is 30.5 Å². The van der Waals surface area contributed by atoms with E-state index in [0.29, 0.717) is 34.1 Å². The number of nitrogens with one attached hydrogen (secondary N) is 1. The molecule has 5 aromatic rings. The first-order valence-corrected chi connectivity index (χ1v) is 10.2. The predicted octanol–water partition coefficient (Wildman–Crippen LogP) is 3.60. The highest BCUT2D eigenvalue weighted by molar-refractivity contribution is 6.07. The highest BCUT2D eigenvalue weighted by Crippen LogP contribution is 2.26. The Morgan fingerprint density at radius 1 is 1.09 bits per heavy atom. The average Bonchev–Trinajstić information content (AvgIpc) is 3.39. The number of hydrogen-bond donors (Lipinski definition) is 1. The van der Waals surface area contributed by atoms with E-state index < -0.39 is 11.7 Å². The molecule has 0 spiro atoms. The number of anilines is 1. The van der Waals surface area contributed by atoms with Crippen LogP contribution in [0.15, 0.2) is 55.0 Å². The molecule has 164 valence electrons. The van der Waals surface area contributed by atoms with Crippen molar-refractivity contribution in [1.29, 1.82) is 0 Å². The lowest BCUT2D eigenvalue weighted by atomic mass is 10.1. The molecule has 0 saturated carbocycles. The maximum atomic E-state index is 14.8. The van der Waals surface area contributed by atoms with Crippen LogP contribution in [0.25, 0.3) is 28.3 Å². The Kier molecular flexibility index (Phi) is 4.89. The summed E-state index contributed by atoms with van der Waals surface area (Å²) in [5, 5.41) is 11.2. The summed E-state index contributed by atoms with van der Waals surface area (Å²) in [4.78, 5) is 26.4. The molecule has 33 heavy (non-hydrogen) atoms. The van der Waals surface area contributed by atoms with Crippen molar-refractivity contribution in [2.75, 3.05) is 5.32 Å². The second kappa shape index (κ2) is 7.90. The van der Waals surface area contributed by atoms with Gasteiger partial charge in [0.05, 0.1) is 40.7 Å². The molecule has 0 saturated heterocycles. The minimum absolute atomic E-state index is 0.0313. The van der Waals surface area contributed by atoms with Gasteiger partial charge in [-0.2, -0.15) is 5.10 Å². The summed E-state index contributed by atoms with van der Waals surface area (Å²) in [7, 11) is 1.64. The number of fused-ring (bicyclic) bond motifs is 1. The number of aromatic nitrogens is 7. The highest BCUT2D eigenvalue weighted by Gasteiger charge is 2.22. The second-order valence-electron chi connectivity index (χ2n) is 7.57. The molecule has 0 radical (unpaired) electrons. The lowest BCUT2D eigenvalue weighted by Crippen LogP contribution is -2.18. The zero-order valence-corrected chi connectivity index (χ0v) is 18.1. The molecule has 1 amide bonds. The molecular formula is C23H19FN8O. The van der Waals surface area contributed by atoms with Crippen LogP contribution in [0.3, 0.4) is 0 Å². The van der Waals surface area contributed by atoms with Crippen LogP contribution in [0.1, 0.15) is 21.9 Å². The first kappa shape index (κ1) is 20.4. The Bertz CT molecular complexity index is 1510. The van der Waals surface area contributed by atoms with E-state index in [1.54, 1.807) is 26.4 Å². The third-order valence-electron chi connectivity index (χ3n) is 5.19. The van der Waals surface area contributed by atoms with Crippen molar-refractivity contribution in [2.45, 2.75) is 13.8 Å². The Balaban J connectivity index is 1.51. The van der Waals surface area contributed by atoms with Gasteiger partial charge in [-0.3, -0.25) is 14.5 Å². The van der Waals surface area contributed by atoms with Gasteiger partial charge in [-0.05, 0) is 13.8 Å². The molecular weight excluding hydrogens is 423 g/mol. The van der Waals surface area contributed by atoms with Gasteiger partial charge in [0.25, 0.3) is 5.91 Å². The van der Waals surface area contributed by atoms with Crippen LogP contribution in [0, 0.1) is 19.7 Å². The van der Waals surface area contributed by atoms with Crippen LogP contribution in [0.4, 0.5) is 10.1 Å². The van der Waals surface area contributed by atoms with E-state index in [9.17, 15) is 9.18 Å². The van der Waals surface area contributed by atoms with Gasteiger partial charge in [0.1, 0.15) is 5.69 Å². The fourth-order valence-corrected chi connectivity index (χ4v) is 3.56. The molecule has 1 aromatic carbocycles. The standard InChI is InChI=1S/C23H19FN8O/c1-13-10-25-14(2)20(27-13)16-11-26-31(3)21(16)23(33)28-18-12-32-19(9-17(18)24)29-22(30-32)15-7-5-4-6-8-15/h4-12H,1-3H3,(H,28,33). The van der Waals surface area contributed by atoms with Crippen molar-refractivity contribution in [2.24, 2.45) is 7.05 Å². The molecule has 9 nitrogen and oxygen atoms in total. The molecule has 10 heteroatoms. The van der Waals surface area contributed by atoms with E-state index in [1.165, 1.54) is 21.5 Å². The molecule has 4 heterocycles. The summed E-state index contributed by atoms with van der Waals surface area (Å²) in [6.07, 6.45) is 4.60. The van der Waals surface area contributed by atoms with Crippen molar-refractivity contribution in [3.05, 3.63) is 77.9 Å². The van der Waals surface area contributed by atoms with Crippen LogP contribution >= 0.6 is 0 Å². The number of benzene rings is 1. The van der Waals surface area contributed by atoms with E-state index in [4.69, 9.17) is 0 Å². The molecule has 0 aliphatic carbocycles. The molecule has 0 aliphatic heterocycles. The van der Waals surface area contributed by atoms with E-state index >= 15 is 0 Å². The van der Waals surface area contributed by atoms with Crippen LogP contribution in [-0.4, -0.2) is 40.3 Å². The van der Waals surface area contributed by atoms with Crippen molar-refractivity contribution >= 4 is 17.2 Å². The quantitative estimate of drug-likeness (QED) is 0.456. The molecule has 4 aromatic heterocycles. The number of amides is 1. The molecule has 0 bridgehead atoms. The number of halogens is 1. The van der Waals surface area contributed by atoms with Gasteiger partial charge in [0, 0.05) is 24.9 Å². The smallest absolute Gasteiger partial charge is 0.274 e. The largest absolute Gasteiger partial charge is 0.317 e. The molecule has 1 N–H and O–H groups in total. The topological polar surface area (TPSA) is 103 Å².